The van der Waals surface area contributed by atoms with E-state index in [1.54, 1.807) is 32.9 Å². The number of rotatable bonds is 5. The number of sulfonamides is 1. The Bertz CT molecular complexity index is 673. The van der Waals surface area contributed by atoms with Crippen molar-refractivity contribution in [2.45, 2.75) is 25.7 Å². The van der Waals surface area contributed by atoms with E-state index in [9.17, 15) is 13.2 Å². The van der Waals surface area contributed by atoms with Crippen molar-refractivity contribution in [1.82, 2.24) is 4.72 Å². The van der Waals surface area contributed by atoms with E-state index in [-0.39, 0.29) is 17.0 Å². The molecule has 0 saturated carbocycles. The molecule has 0 aliphatic rings. The van der Waals surface area contributed by atoms with Crippen LogP contribution in [-0.2, 0) is 14.8 Å². The SMILES string of the molecule is Cc1ccc(C#N)cc1S(=O)(=O)NCC(C)(C)C(N)=O. The molecular weight excluding hydrogens is 278 g/mol. The Morgan fingerprint density at radius 3 is 2.55 bits per heavy atom. The van der Waals surface area contributed by atoms with E-state index in [1.807, 2.05) is 6.07 Å². The fraction of sp³-hybridized carbons (Fsp3) is 0.385. The second kappa shape index (κ2) is 5.61. The predicted molar refractivity (Wildman–Crippen MR) is 74.1 cm³/mol. The summed E-state index contributed by atoms with van der Waals surface area (Å²) in [6, 6.07) is 6.30. The summed E-state index contributed by atoms with van der Waals surface area (Å²) in [4.78, 5) is 11.2. The molecule has 0 atom stereocenters. The van der Waals surface area contributed by atoms with Crippen molar-refractivity contribution >= 4 is 15.9 Å². The molecule has 108 valence electrons. The molecular formula is C13H17N3O3S. The summed E-state index contributed by atoms with van der Waals surface area (Å²) in [6.45, 7) is 4.63. The van der Waals surface area contributed by atoms with E-state index in [2.05, 4.69) is 4.72 Å². The average molecular weight is 295 g/mol. The van der Waals surface area contributed by atoms with Crippen LogP contribution in [0.3, 0.4) is 0 Å². The molecule has 0 spiro atoms. The van der Waals surface area contributed by atoms with Gasteiger partial charge in [-0.2, -0.15) is 5.26 Å². The van der Waals surface area contributed by atoms with Crippen molar-refractivity contribution in [3.05, 3.63) is 29.3 Å². The van der Waals surface area contributed by atoms with Crippen LogP contribution in [-0.4, -0.2) is 20.9 Å². The second-order valence-electron chi connectivity index (χ2n) is 5.16. The number of benzene rings is 1. The van der Waals surface area contributed by atoms with E-state index in [4.69, 9.17) is 11.0 Å². The van der Waals surface area contributed by atoms with Crippen LogP contribution < -0.4 is 10.5 Å². The molecule has 1 aromatic carbocycles. The largest absolute Gasteiger partial charge is 0.369 e. The summed E-state index contributed by atoms with van der Waals surface area (Å²) in [5.74, 6) is -0.595. The summed E-state index contributed by atoms with van der Waals surface area (Å²) < 4.78 is 26.8. The second-order valence-corrected chi connectivity index (χ2v) is 6.90. The smallest absolute Gasteiger partial charge is 0.240 e. The zero-order valence-corrected chi connectivity index (χ0v) is 12.4. The maximum atomic E-state index is 12.2. The van der Waals surface area contributed by atoms with Crippen molar-refractivity contribution in [3.63, 3.8) is 0 Å². The van der Waals surface area contributed by atoms with Gasteiger partial charge < -0.3 is 5.73 Å². The van der Waals surface area contributed by atoms with E-state index in [1.165, 1.54) is 6.07 Å². The molecule has 0 unspecified atom stereocenters. The van der Waals surface area contributed by atoms with Gasteiger partial charge in [0, 0.05) is 6.54 Å². The van der Waals surface area contributed by atoms with Gasteiger partial charge in [-0.3, -0.25) is 4.79 Å². The molecule has 1 rings (SSSR count). The first kappa shape index (κ1) is 16.1. The van der Waals surface area contributed by atoms with Gasteiger partial charge in [0.25, 0.3) is 0 Å². The van der Waals surface area contributed by atoms with Gasteiger partial charge in [0.2, 0.25) is 15.9 Å². The van der Waals surface area contributed by atoms with Gasteiger partial charge in [-0.25, -0.2) is 13.1 Å². The lowest BCUT2D eigenvalue weighted by Gasteiger charge is -2.21. The van der Waals surface area contributed by atoms with Crippen molar-refractivity contribution in [1.29, 1.82) is 5.26 Å². The number of carbonyl (C=O) groups excluding carboxylic acids is 1. The lowest BCUT2D eigenvalue weighted by atomic mass is 9.93. The Morgan fingerprint density at radius 2 is 2.05 bits per heavy atom. The number of nitriles is 1. The average Bonchev–Trinajstić information content (AvgIpc) is 2.37. The Balaban J connectivity index is 3.07. The van der Waals surface area contributed by atoms with Gasteiger partial charge in [0.05, 0.1) is 21.9 Å². The minimum absolute atomic E-state index is 0.0248. The lowest BCUT2D eigenvalue weighted by molar-refractivity contribution is -0.125. The molecule has 0 saturated heterocycles. The molecule has 0 fully saturated rings. The molecule has 0 aliphatic heterocycles. The number of nitrogens with one attached hydrogen (secondary N) is 1. The molecule has 1 amide bonds. The molecule has 7 heteroatoms. The topological polar surface area (TPSA) is 113 Å². The number of primary amides is 1. The Hall–Kier alpha value is -1.91. The number of aryl methyl sites for hydroxylation is 1. The summed E-state index contributed by atoms with van der Waals surface area (Å²) >= 11 is 0. The van der Waals surface area contributed by atoms with Crippen molar-refractivity contribution < 1.29 is 13.2 Å². The van der Waals surface area contributed by atoms with Crippen LogP contribution in [0.4, 0.5) is 0 Å². The minimum Gasteiger partial charge on any atom is -0.369 e. The van der Waals surface area contributed by atoms with Gasteiger partial charge in [-0.05, 0) is 38.5 Å². The van der Waals surface area contributed by atoms with Crippen LogP contribution in [0, 0.1) is 23.7 Å². The van der Waals surface area contributed by atoms with E-state index in [0.717, 1.165) is 0 Å². The third-order valence-corrected chi connectivity index (χ3v) is 4.52. The highest BCUT2D eigenvalue weighted by atomic mass is 32.2. The third-order valence-electron chi connectivity index (χ3n) is 2.98. The number of nitrogens with zero attached hydrogens (tertiary/aromatic N) is 1. The highest BCUT2D eigenvalue weighted by Crippen LogP contribution is 2.19. The first-order valence-electron chi connectivity index (χ1n) is 5.90. The zero-order valence-electron chi connectivity index (χ0n) is 11.6. The number of amides is 1. The fourth-order valence-corrected chi connectivity index (χ4v) is 2.88. The number of hydrogen-bond donors (Lipinski definition) is 2. The standard InChI is InChI=1S/C13H17N3O3S/c1-9-4-5-10(7-14)6-11(9)20(18,19)16-8-13(2,3)12(15)17/h4-6,16H,8H2,1-3H3,(H2,15,17). The normalized spacial score (nSPS) is 11.9. The summed E-state index contributed by atoms with van der Waals surface area (Å²) in [5.41, 5.74) is 4.98. The summed E-state index contributed by atoms with van der Waals surface area (Å²) in [5, 5.41) is 8.82. The van der Waals surface area contributed by atoms with Gasteiger partial charge in [-0.1, -0.05) is 6.07 Å². The van der Waals surface area contributed by atoms with Crippen molar-refractivity contribution in [2.24, 2.45) is 11.1 Å². The van der Waals surface area contributed by atoms with Crippen LogP contribution in [0.5, 0.6) is 0 Å². The maximum absolute atomic E-state index is 12.2. The van der Waals surface area contributed by atoms with Crippen LogP contribution >= 0.6 is 0 Å². The van der Waals surface area contributed by atoms with Crippen molar-refractivity contribution in [2.75, 3.05) is 6.54 Å². The Kier molecular flexibility index (Phi) is 4.53. The van der Waals surface area contributed by atoms with Crippen molar-refractivity contribution in [3.8, 4) is 6.07 Å². The molecule has 20 heavy (non-hydrogen) atoms. The molecule has 6 nitrogen and oxygen atoms in total. The highest BCUT2D eigenvalue weighted by Gasteiger charge is 2.28. The molecule has 0 heterocycles. The van der Waals surface area contributed by atoms with Crippen LogP contribution in [0.25, 0.3) is 0 Å². The summed E-state index contributed by atoms with van der Waals surface area (Å²) in [7, 11) is -3.80. The monoisotopic (exact) mass is 295 g/mol. The van der Waals surface area contributed by atoms with E-state index >= 15 is 0 Å². The van der Waals surface area contributed by atoms with E-state index in [0.29, 0.717) is 5.56 Å². The summed E-state index contributed by atoms with van der Waals surface area (Å²) in [6.07, 6.45) is 0. The van der Waals surface area contributed by atoms with Gasteiger partial charge in [-0.15, -0.1) is 0 Å². The Labute approximate surface area is 118 Å². The first-order chi connectivity index (χ1) is 9.10. The van der Waals surface area contributed by atoms with Gasteiger partial charge >= 0.3 is 0 Å². The van der Waals surface area contributed by atoms with E-state index < -0.39 is 21.3 Å². The molecule has 1 aromatic rings. The zero-order chi connectivity index (χ0) is 15.6. The van der Waals surface area contributed by atoms with Crippen LogP contribution in [0.2, 0.25) is 0 Å². The number of hydrogen-bond acceptors (Lipinski definition) is 4. The van der Waals surface area contributed by atoms with Gasteiger partial charge in [0.15, 0.2) is 0 Å². The van der Waals surface area contributed by atoms with Crippen LogP contribution in [0.1, 0.15) is 25.0 Å². The Morgan fingerprint density at radius 1 is 1.45 bits per heavy atom. The van der Waals surface area contributed by atoms with Gasteiger partial charge in [0.1, 0.15) is 0 Å². The molecule has 3 N–H and O–H groups in total. The lowest BCUT2D eigenvalue weighted by Crippen LogP contribution is -2.42. The predicted octanol–water partition coefficient (Wildman–Crippen LogP) is 0.656. The van der Waals surface area contributed by atoms with Crippen LogP contribution in [0.15, 0.2) is 23.1 Å². The molecule has 0 aliphatic carbocycles. The fourth-order valence-electron chi connectivity index (χ4n) is 1.40. The molecule has 0 radical (unpaired) electrons. The highest BCUT2D eigenvalue weighted by molar-refractivity contribution is 7.89. The first-order valence-corrected chi connectivity index (χ1v) is 7.39. The third kappa shape index (κ3) is 3.56. The molecule has 0 bridgehead atoms. The minimum atomic E-state index is -3.80. The number of carbonyl (C=O) groups is 1. The number of nitrogens with two attached hydrogens (primary N) is 1. The maximum Gasteiger partial charge on any atom is 0.240 e. The quantitative estimate of drug-likeness (QED) is 0.830. The molecule has 0 aromatic heterocycles.